The van der Waals surface area contributed by atoms with Crippen LogP contribution in [0.4, 0.5) is 5.69 Å². The molecule has 0 saturated carbocycles. The zero-order chi connectivity index (χ0) is 12.5. The molecule has 0 fully saturated rings. The Kier molecular flexibility index (Phi) is 2.64. The van der Waals surface area contributed by atoms with Crippen molar-refractivity contribution >= 4 is 21.6 Å². The predicted molar refractivity (Wildman–Crippen MR) is 69.5 cm³/mol. The third-order valence-corrected chi connectivity index (χ3v) is 3.12. The molecule has 0 amide bonds. The smallest absolute Gasteiger partial charge is 0.259 e. The molecule has 3 rings (SSSR count). The van der Waals surface area contributed by atoms with Crippen molar-refractivity contribution in [1.82, 2.24) is 10.1 Å². The minimum atomic E-state index is 0.408. The summed E-state index contributed by atoms with van der Waals surface area (Å²) >= 11 is 3.42. The van der Waals surface area contributed by atoms with Gasteiger partial charge in [-0.1, -0.05) is 5.16 Å². The average molecular weight is 306 g/mol. The number of halogens is 1. The van der Waals surface area contributed by atoms with Crippen molar-refractivity contribution in [3.05, 3.63) is 41.3 Å². The Balaban J connectivity index is 2.05. The van der Waals surface area contributed by atoms with Gasteiger partial charge in [-0.2, -0.15) is 4.98 Å². The highest BCUT2D eigenvalue weighted by Crippen LogP contribution is 2.30. The van der Waals surface area contributed by atoms with Gasteiger partial charge in [0, 0.05) is 10.2 Å². The van der Waals surface area contributed by atoms with E-state index in [1.807, 2.05) is 6.07 Å². The van der Waals surface area contributed by atoms with Crippen LogP contribution >= 0.6 is 15.9 Å². The first-order valence-corrected chi connectivity index (χ1v) is 5.95. The van der Waals surface area contributed by atoms with Gasteiger partial charge in [0.15, 0.2) is 0 Å². The third-order valence-electron chi connectivity index (χ3n) is 2.43. The van der Waals surface area contributed by atoms with Crippen LogP contribution in [0.1, 0.15) is 0 Å². The number of hydrogen-bond acceptors (Lipinski definition) is 5. The molecule has 6 heteroatoms. The second kappa shape index (κ2) is 4.30. The lowest BCUT2D eigenvalue weighted by Crippen LogP contribution is -1.87. The predicted octanol–water partition coefficient (Wildman–Crippen LogP) is 3.34. The normalized spacial score (nSPS) is 10.7. The van der Waals surface area contributed by atoms with Crippen molar-refractivity contribution < 1.29 is 8.94 Å². The summed E-state index contributed by atoms with van der Waals surface area (Å²) in [5, 5.41) is 3.90. The number of nitrogens with two attached hydrogens (primary N) is 1. The van der Waals surface area contributed by atoms with E-state index in [1.165, 1.54) is 0 Å². The van der Waals surface area contributed by atoms with E-state index >= 15 is 0 Å². The van der Waals surface area contributed by atoms with Gasteiger partial charge in [-0.05, 0) is 40.2 Å². The van der Waals surface area contributed by atoms with Crippen molar-refractivity contribution in [3.8, 4) is 22.8 Å². The second-order valence-electron chi connectivity index (χ2n) is 3.67. The number of hydrogen-bond donors (Lipinski definition) is 1. The van der Waals surface area contributed by atoms with Crippen LogP contribution < -0.4 is 5.73 Å². The number of aromatic nitrogens is 2. The fourth-order valence-electron chi connectivity index (χ4n) is 1.55. The highest BCUT2D eigenvalue weighted by molar-refractivity contribution is 9.10. The van der Waals surface area contributed by atoms with Crippen molar-refractivity contribution in [2.24, 2.45) is 0 Å². The fraction of sp³-hybridized carbons (Fsp3) is 0. The molecular formula is C12H8BrN3O2. The summed E-state index contributed by atoms with van der Waals surface area (Å²) in [4.78, 5) is 4.30. The first kappa shape index (κ1) is 11.0. The summed E-state index contributed by atoms with van der Waals surface area (Å²) in [7, 11) is 0. The summed E-state index contributed by atoms with van der Waals surface area (Å²) in [6, 6.07) is 7.17. The molecule has 18 heavy (non-hydrogen) atoms. The maximum atomic E-state index is 5.74. The van der Waals surface area contributed by atoms with Gasteiger partial charge in [0.2, 0.25) is 5.82 Å². The lowest BCUT2D eigenvalue weighted by atomic mass is 10.2. The molecule has 0 saturated heterocycles. The minimum Gasteiger partial charge on any atom is -0.472 e. The maximum Gasteiger partial charge on any atom is 0.259 e. The van der Waals surface area contributed by atoms with Gasteiger partial charge in [-0.25, -0.2) is 0 Å². The van der Waals surface area contributed by atoms with Crippen LogP contribution in [0.15, 0.2) is 50.2 Å². The Bertz CT molecular complexity index is 676. The molecule has 2 aromatic heterocycles. The molecule has 90 valence electrons. The topological polar surface area (TPSA) is 78.1 Å². The number of nitrogen functional groups attached to an aromatic ring is 1. The second-order valence-corrected chi connectivity index (χ2v) is 4.53. The lowest BCUT2D eigenvalue weighted by molar-refractivity contribution is 0.432. The molecule has 1 aromatic carbocycles. The quantitative estimate of drug-likeness (QED) is 0.735. The van der Waals surface area contributed by atoms with Crippen molar-refractivity contribution in [2.75, 3.05) is 5.73 Å². The largest absolute Gasteiger partial charge is 0.472 e. The molecule has 0 bridgehead atoms. The minimum absolute atomic E-state index is 0.408. The number of nitrogens with zero attached hydrogens (tertiary/aromatic N) is 2. The van der Waals surface area contributed by atoms with Crippen LogP contribution in [-0.2, 0) is 0 Å². The van der Waals surface area contributed by atoms with E-state index < -0.39 is 0 Å². The fourth-order valence-corrected chi connectivity index (χ4v) is 1.96. The molecule has 0 unspecified atom stereocenters. The molecule has 0 aliphatic carbocycles. The zero-order valence-corrected chi connectivity index (χ0v) is 10.7. The van der Waals surface area contributed by atoms with Gasteiger partial charge in [-0.3, -0.25) is 0 Å². The van der Waals surface area contributed by atoms with Crippen LogP contribution in [0.5, 0.6) is 0 Å². The van der Waals surface area contributed by atoms with Crippen LogP contribution in [0.25, 0.3) is 22.8 Å². The van der Waals surface area contributed by atoms with Crippen LogP contribution in [-0.4, -0.2) is 10.1 Å². The summed E-state index contributed by atoms with van der Waals surface area (Å²) in [6.45, 7) is 0. The van der Waals surface area contributed by atoms with Crippen molar-refractivity contribution in [3.63, 3.8) is 0 Å². The molecular weight excluding hydrogens is 298 g/mol. The van der Waals surface area contributed by atoms with Crippen molar-refractivity contribution in [1.29, 1.82) is 0 Å². The van der Waals surface area contributed by atoms with Gasteiger partial charge >= 0.3 is 0 Å². The SMILES string of the molecule is Nc1ccc(Br)c(-c2nc(-c3ccoc3)no2)c1. The third kappa shape index (κ3) is 1.91. The molecule has 0 aliphatic rings. The lowest BCUT2D eigenvalue weighted by Gasteiger charge is -1.99. The summed E-state index contributed by atoms with van der Waals surface area (Å²) < 4.78 is 11.0. The summed E-state index contributed by atoms with van der Waals surface area (Å²) in [5.74, 6) is 0.887. The summed E-state index contributed by atoms with van der Waals surface area (Å²) in [6.07, 6.45) is 3.12. The average Bonchev–Trinajstić information content (AvgIpc) is 3.00. The molecule has 2 heterocycles. The summed E-state index contributed by atoms with van der Waals surface area (Å²) in [5.41, 5.74) is 7.91. The van der Waals surface area contributed by atoms with E-state index in [-0.39, 0.29) is 0 Å². The Morgan fingerprint density at radius 2 is 2.11 bits per heavy atom. The van der Waals surface area contributed by atoms with E-state index in [0.717, 1.165) is 15.6 Å². The van der Waals surface area contributed by atoms with E-state index in [0.29, 0.717) is 17.4 Å². The Morgan fingerprint density at radius 3 is 2.89 bits per heavy atom. The number of rotatable bonds is 2. The molecule has 5 nitrogen and oxygen atoms in total. The highest BCUT2D eigenvalue weighted by Gasteiger charge is 2.14. The van der Waals surface area contributed by atoms with Gasteiger partial charge in [0.05, 0.1) is 17.4 Å². The first-order chi connectivity index (χ1) is 8.74. The number of furan rings is 1. The van der Waals surface area contributed by atoms with E-state index in [9.17, 15) is 0 Å². The highest BCUT2D eigenvalue weighted by atomic mass is 79.9. The molecule has 0 aliphatic heterocycles. The Labute approximate surface area is 111 Å². The maximum absolute atomic E-state index is 5.74. The standard InChI is InChI=1S/C12H8BrN3O2/c13-10-2-1-8(14)5-9(10)12-15-11(16-18-12)7-3-4-17-6-7/h1-6H,14H2. The number of benzene rings is 1. The molecule has 2 N–H and O–H groups in total. The molecule has 0 spiro atoms. The Morgan fingerprint density at radius 1 is 1.22 bits per heavy atom. The van der Waals surface area contributed by atoms with Crippen LogP contribution in [0.2, 0.25) is 0 Å². The van der Waals surface area contributed by atoms with Gasteiger partial charge in [0.1, 0.15) is 6.26 Å². The molecule has 0 atom stereocenters. The van der Waals surface area contributed by atoms with E-state index in [1.54, 1.807) is 30.7 Å². The Hall–Kier alpha value is -2.08. The molecule has 0 radical (unpaired) electrons. The van der Waals surface area contributed by atoms with Crippen molar-refractivity contribution in [2.45, 2.75) is 0 Å². The number of anilines is 1. The zero-order valence-electron chi connectivity index (χ0n) is 9.13. The van der Waals surface area contributed by atoms with Gasteiger partial charge in [0.25, 0.3) is 5.89 Å². The van der Waals surface area contributed by atoms with Gasteiger partial charge < -0.3 is 14.7 Å². The monoisotopic (exact) mass is 305 g/mol. The van der Waals surface area contributed by atoms with Gasteiger partial charge in [-0.15, -0.1) is 0 Å². The van der Waals surface area contributed by atoms with Crippen LogP contribution in [0.3, 0.4) is 0 Å². The first-order valence-electron chi connectivity index (χ1n) is 5.16. The van der Waals surface area contributed by atoms with E-state index in [2.05, 4.69) is 26.1 Å². The van der Waals surface area contributed by atoms with Crippen LogP contribution in [0, 0.1) is 0 Å². The van der Waals surface area contributed by atoms with E-state index in [4.69, 9.17) is 14.7 Å². The molecule has 3 aromatic rings.